The third kappa shape index (κ3) is 4.00. The Morgan fingerprint density at radius 3 is 2.25 bits per heavy atom. The van der Waals surface area contributed by atoms with Crippen LogP contribution in [-0.2, 0) is 24.3 Å². The van der Waals surface area contributed by atoms with Gasteiger partial charge in [0.25, 0.3) is 10.1 Å². The van der Waals surface area contributed by atoms with Crippen LogP contribution in [0.2, 0.25) is 0 Å². The van der Waals surface area contributed by atoms with Crippen LogP contribution in [0.25, 0.3) is 0 Å². The number of nitrogens with zero attached hydrogens (tertiary/aromatic N) is 1. The maximum atomic E-state index is 11.5. The highest BCUT2D eigenvalue weighted by Gasteiger charge is 2.35. The first-order chi connectivity index (χ1) is 7.24. The molecule has 6 nitrogen and oxygen atoms in total. The normalized spacial score (nSPS) is 19.6. The number of hydrogen-bond acceptors (Lipinski definition) is 5. The minimum Gasteiger partial charge on any atom is -0.270 e. The van der Waals surface area contributed by atoms with Gasteiger partial charge in [-0.3, -0.25) is 4.18 Å². The molecule has 0 saturated carbocycles. The van der Waals surface area contributed by atoms with Crippen molar-refractivity contribution in [3.8, 4) is 0 Å². The monoisotopic (exact) mass is 271 g/mol. The molecule has 1 rings (SSSR count). The van der Waals surface area contributed by atoms with E-state index in [0.717, 1.165) is 6.26 Å². The quantitative estimate of drug-likeness (QED) is 0.616. The number of sulfonamides is 1. The van der Waals surface area contributed by atoms with Crippen molar-refractivity contribution in [2.45, 2.75) is 13.3 Å². The molecule has 0 unspecified atom stereocenters. The Kier molecular flexibility index (Phi) is 4.33. The Labute approximate surface area is 96.8 Å². The molecular weight excluding hydrogens is 254 g/mol. The van der Waals surface area contributed by atoms with Crippen molar-refractivity contribution >= 4 is 20.1 Å². The van der Waals surface area contributed by atoms with Crippen LogP contribution in [0.1, 0.15) is 13.3 Å². The molecule has 0 amide bonds. The molecule has 0 aromatic carbocycles. The van der Waals surface area contributed by atoms with Crippen molar-refractivity contribution in [3.63, 3.8) is 0 Å². The maximum absolute atomic E-state index is 11.5. The van der Waals surface area contributed by atoms with Gasteiger partial charge < -0.3 is 0 Å². The fourth-order valence-electron chi connectivity index (χ4n) is 1.46. The highest BCUT2D eigenvalue weighted by Crippen LogP contribution is 2.20. The van der Waals surface area contributed by atoms with Crippen LogP contribution in [0.15, 0.2) is 0 Å². The summed E-state index contributed by atoms with van der Waals surface area (Å²) in [6.45, 7) is 2.59. The lowest BCUT2D eigenvalue weighted by molar-refractivity contribution is 0.134. The molecule has 96 valence electrons. The first kappa shape index (κ1) is 13.9. The summed E-state index contributed by atoms with van der Waals surface area (Å²) in [7, 11) is -6.56. The van der Waals surface area contributed by atoms with Gasteiger partial charge in [0.1, 0.15) is 0 Å². The largest absolute Gasteiger partial charge is 0.270 e. The molecule has 16 heavy (non-hydrogen) atoms. The summed E-state index contributed by atoms with van der Waals surface area (Å²) < 4.78 is 50.4. The average molecular weight is 271 g/mol. The lowest BCUT2D eigenvalue weighted by Gasteiger charge is -2.37. The van der Waals surface area contributed by atoms with Crippen LogP contribution < -0.4 is 0 Å². The molecule has 0 aliphatic carbocycles. The van der Waals surface area contributed by atoms with Gasteiger partial charge in [0, 0.05) is 19.0 Å². The van der Waals surface area contributed by atoms with E-state index in [4.69, 9.17) is 0 Å². The average Bonchev–Trinajstić information content (AvgIpc) is 1.97. The van der Waals surface area contributed by atoms with Crippen molar-refractivity contribution in [2.24, 2.45) is 5.92 Å². The fraction of sp³-hybridized carbons (Fsp3) is 1.00. The molecule has 1 saturated heterocycles. The van der Waals surface area contributed by atoms with Gasteiger partial charge >= 0.3 is 0 Å². The van der Waals surface area contributed by atoms with E-state index < -0.39 is 20.1 Å². The summed E-state index contributed by atoms with van der Waals surface area (Å²) in [5.74, 6) is 0.133. The topological polar surface area (TPSA) is 80.8 Å². The molecule has 1 heterocycles. The lowest BCUT2D eigenvalue weighted by atomic mass is 10.1. The van der Waals surface area contributed by atoms with Gasteiger partial charge in [-0.15, -0.1) is 0 Å². The van der Waals surface area contributed by atoms with E-state index in [1.165, 1.54) is 4.31 Å². The van der Waals surface area contributed by atoms with E-state index in [2.05, 4.69) is 4.18 Å². The molecule has 1 aliphatic rings. The Balaban J connectivity index is 2.33. The second kappa shape index (κ2) is 4.99. The third-order valence-corrected chi connectivity index (χ3v) is 4.87. The smallest absolute Gasteiger partial charge is 0.264 e. The molecule has 0 spiro atoms. The molecule has 0 aromatic rings. The first-order valence-electron chi connectivity index (χ1n) is 5.07. The third-order valence-electron chi connectivity index (χ3n) is 2.30. The van der Waals surface area contributed by atoms with Gasteiger partial charge in [0.15, 0.2) is 0 Å². The Morgan fingerprint density at radius 2 is 1.81 bits per heavy atom. The summed E-state index contributed by atoms with van der Waals surface area (Å²) in [4.78, 5) is 0. The SMILES string of the molecule is CCCS(=O)(=O)N1CC(COS(C)(=O)=O)C1. The Hall–Kier alpha value is -0.180. The molecule has 8 heteroatoms. The van der Waals surface area contributed by atoms with Gasteiger partial charge in [-0.05, 0) is 6.42 Å². The maximum Gasteiger partial charge on any atom is 0.264 e. The van der Waals surface area contributed by atoms with Crippen molar-refractivity contribution < 1.29 is 21.0 Å². The van der Waals surface area contributed by atoms with E-state index in [0.29, 0.717) is 19.5 Å². The zero-order chi connectivity index (χ0) is 12.4. The van der Waals surface area contributed by atoms with E-state index in [-0.39, 0.29) is 18.3 Å². The van der Waals surface area contributed by atoms with Crippen LogP contribution in [-0.4, -0.2) is 52.8 Å². The summed E-state index contributed by atoms with van der Waals surface area (Å²) in [6.07, 6.45) is 1.57. The molecule has 0 radical (unpaired) electrons. The van der Waals surface area contributed by atoms with Crippen LogP contribution in [0.3, 0.4) is 0 Å². The zero-order valence-electron chi connectivity index (χ0n) is 9.42. The molecule has 1 fully saturated rings. The van der Waals surface area contributed by atoms with Gasteiger partial charge in [-0.25, -0.2) is 12.7 Å². The molecule has 0 bridgehead atoms. The highest BCUT2D eigenvalue weighted by molar-refractivity contribution is 7.89. The summed E-state index contributed by atoms with van der Waals surface area (Å²) in [6, 6.07) is 0. The van der Waals surface area contributed by atoms with Gasteiger partial charge in [0.2, 0.25) is 10.0 Å². The minimum absolute atomic E-state index is 0.0126. The van der Waals surface area contributed by atoms with Crippen molar-refractivity contribution in [2.75, 3.05) is 31.7 Å². The van der Waals surface area contributed by atoms with E-state index in [1.807, 2.05) is 6.92 Å². The fourth-order valence-corrected chi connectivity index (χ4v) is 3.55. The Morgan fingerprint density at radius 1 is 1.25 bits per heavy atom. The molecule has 1 aliphatic heterocycles. The van der Waals surface area contributed by atoms with Crippen molar-refractivity contribution in [3.05, 3.63) is 0 Å². The highest BCUT2D eigenvalue weighted by atomic mass is 32.2. The van der Waals surface area contributed by atoms with Crippen LogP contribution in [0.4, 0.5) is 0 Å². The van der Waals surface area contributed by atoms with E-state index >= 15 is 0 Å². The van der Waals surface area contributed by atoms with Crippen LogP contribution in [0, 0.1) is 5.92 Å². The Bertz CT molecular complexity index is 421. The van der Waals surface area contributed by atoms with Crippen molar-refractivity contribution in [1.82, 2.24) is 4.31 Å². The summed E-state index contributed by atoms with van der Waals surface area (Å²) >= 11 is 0. The molecule has 0 atom stereocenters. The van der Waals surface area contributed by atoms with Gasteiger partial charge in [-0.1, -0.05) is 6.92 Å². The van der Waals surface area contributed by atoms with E-state index in [1.54, 1.807) is 0 Å². The first-order valence-corrected chi connectivity index (χ1v) is 8.49. The summed E-state index contributed by atoms with van der Waals surface area (Å²) in [5, 5.41) is 0. The zero-order valence-corrected chi connectivity index (χ0v) is 11.1. The predicted octanol–water partition coefficient (Wildman–Crippen LogP) is -0.366. The molecule has 0 aromatic heterocycles. The number of rotatable bonds is 6. The second-order valence-corrected chi connectivity index (χ2v) is 7.72. The minimum atomic E-state index is -3.43. The predicted molar refractivity (Wildman–Crippen MR) is 59.9 cm³/mol. The standard InChI is InChI=1S/C8H17NO5S2/c1-3-4-16(12,13)9-5-8(6-9)7-14-15(2,10)11/h8H,3-7H2,1-2H3. The van der Waals surface area contributed by atoms with Gasteiger partial charge in [-0.2, -0.15) is 8.42 Å². The van der Waals surface area contributed by atoms with Crippen LogP contribution in [0.5, 0.6) is 0 Å². The molecule has 0 N–H and O–H groups in total. The van der Waals surface area contributed by atoms with E-state index in [9.17, 15) is 16.8 Å². The molecular formula is C8H17NO5S2. The summed E-state index contributed by atoms with van der Waals surface area (Å²) in [5.41, 5.74) is 0. The van der Waals surface area contributed by atoms with Gasteiger partial charge in [0.05, 0.1) is 18.6 Å². The van der Waals surface area contributed by atoms with Crippen molar-refractivity contribution in [1.29, 1.82) is 0 Å². The number of hydrogen-bond donors (Lipinski definition) is 0. The lowest BCUT2D eigenvalue weighted by Crippen LogP contribution is -2.52. The second-order valence-electron chi connectivity index (χ2n) is 3.99. The van der Waals surface area contributed by atoms with Crippen LogP contribution >= 0.6 is 0 Å².